The summed E-state index contributed by atoms with van der Waals surface area (Å²) in [5.41, 5.74) is 1.44. The molecule has 9 heteroatoms. The van der Waals surface area contributed by atoms with Gasteiger partial charge in [0.1, 0.15) is 5.69 Å². The van der Waals surface area contributed by atoms with Crippen LogP contribution in [-0.2, 0) is 10.0 Å². The number of amides is 1. The Labute approximate surface area is 193 Å². The van der Waals surface area contributed by atoms with E-state index >= 15 is 0 Å². The molecule has 0 saturated carbocycles. The van der Waals surface area contributed by atoms with Crippen LogP contribution < -0.4 is 5.32 Å². The highest BCUT2D eigenvalue weighted by Crippen LogP contribution is 2.27. The largest absolute Gasteiger partial charge is 0.351 e. The summed E-state index contributed by atoms with van der Waals surface area (Å²) in [5, 5.41) is 4.40. The van der Waals surface area contributed by atoms with Gasteiger partial charge in [0.2, 0.25) is 10.0 Å². The third-order valence-electron chi connectivity index (χ3n) is 6.02. The minimum Gasteiger partial charge on any atom is -0.351 e. The molecule has 2 aromatic heterocycles. The number of fused-ring (bicyclic) bond motifs is 1. The molecule has 3 heterocycles. The summed E-state index contributed by atoms with van der Waals surface area (Å²) in [6, 6.07) is 9.99. The Bertz CT molecular complexity index is 1140. The van der Waals surface area contributed by atoms with Gasteiger partial charge in [0, 0.05) is 48.0 Å². The van der Waals surface area contributed by atoms with Gasteiger partial charge < -0.3 is 10.3 Å². The molecule has 1 saturated heterocycles. The summed E-state index contributed by atoms with van der Waals surface area (Å²) in [6.07, 6.45) is 8.10. The number of sulfonamides is 1. The fourth-order valence-electron chi connectivity index (χ4n) is 4.14. The summed E-state index contributed by atoms with van der Waals surface area (Å²) in [4.78, 5) is 19.8. The Morgan fingerprint density at radius 3 is 2.62 bits per heavy atom. The Kier molecular flexibility index (Phi) is 7.13. The fraction of sp³-hybridized carbons (Fsp3) is 0.391. The summed E-state index contributed by atoms with van der Waals surface area (Å²) >= 11 is 5.87. The lowest BCUT2D eigenvalue weighted by Gasteiger charge is -2.31. The zero-order valence-corrected chi connectivity index (χ0v) is 19.3. The number of halogens is 1. The van der Waals surface area contributed by atoms with Crippen molar-refractivity contribution < 1.29 is 13.2 Å². The van der Waals surface area contributed by atoms with E-state index in [0.29, 0.717) is 41.2 Å². The highest BCUT2D eigenvalue weighted by atomic mass is 35.5. The fourth-order valence-corrected chi connectivity index (χ4v) is 5.74. The first-order chi connectivity index (χ1) is 15.4. The topological polar surface area (TPSA) is 95.2 Å². The second kappa shape index (κ2) is 10.0. The summed E-state index contributed by atoms with van der Waals surface area (Å²) in [6.45, 7) is 1.71. The number of carbonyl (C=O) groups is 1. The molecule has 0 atom stereocenters. The average Bonchev–Trinajstić information content (AvgIpc) is 3.24. The molecule has 7 nitrogen and oxygen atoms in total. The molecule has 0 aliphatic carbocycles. The lowest BCUT2D eigenvalue weighted by molar-refractivity contribution is 0.0948. The molecule has 0 spiro atoms. The van der Waals surface area contributed by atoms with Gasteiger partial charge in [-0.15, -0.1) is 0 Å². The number of H-pyrrole nitrogens is 1. The number of hydrogen-bond acceptors (Lipinski definition) is 4. The predicted molar refractivity (Wildman–Crippen MR) is 125 cm³/mol. The molecular formula is C23H27ClN4O3S. The standard InChI is InChI=1S/C23H27ClN4O3S/c24-19-4-6-20(7-5-19)32(30,31)28-13-9-17(10-14-28)3-1-2-11-26-23(29)22-15-18-16-25-12-8-21(18)27-22/h4-8,12,15-17,27H,1-3,9-11,13-14H2,(H,26,29). The van der Waals surface area contributed by atoms with Crippen molar-refractivity contribution in [3.8, 4) is 0 Å². The Morgan fingerprint density at radius 1 is 1.16 bits per heavy atom. The van der Waals surface area contributed by atoms with Crippen LogP contribution in [0.3, 0.4) is 0 Å². The van der Waals surface area contributed by atoms with E-state index in [1.807, 2.05) is 12.1 Å². The van der Waals surface area contributed by atoms with Gasteiger partial charge >= 0.3 is 0 Å². The summed E-state index contributed by atoms with van der Waals surface area (Å²) < 4.78 is 27.1. The third-order valence-corrected chi connectivity index (χ3v) is 8.18. The molecule has 1 amide bonds. The average molecular weight is 475 g/mol. The van der Waals surface area contributed by atoms with Gasteiger partial charge in [-0.25, -0.2) is 8.42 Å². The normalized spacial score (nSPS) is 15.8. The van der Waals surface area contributed by atoms with Crippen molar-refractivity contribution in [2.45, 2.75) is 37.0 Å². The Hall–Kier alpha value is -2.42. The van der Waals surface area contributed by atoms with Crippen LogP contribution in [0.25, 0.3) is 10.9 Å². The maximum Gasteiger partial charge on any atom is 0.267 e. The number of nitrogens with zero attached hydrogens (tertiary/aromatic N) is 2. The van der Waals surface area contributed by atoms with Crippen LogP contribution in [0.1, 0.15) is 42.6 Å². The molecule has 170 valence electrons. The minimum absolute atomic E-state index is 0.109. The van der Waals surface area contributed by atoms with Crippen molar-refractivity contribution in [2.75, 3.05) is 19.6 Å². The van der Waals surface area contributed by atoms with E-state index in [0.717, 1.165) is 43.0 Å². The van der Waals surface area contributed by atoms with Crippen molar-refractivity contribution in [2.24, 2.45) is 5.92 Å². The van der Waals surface area contributed by atoms with Crippen LogP contribution in [0.4, 0.5) is 0 Å². The van der Waals surface area contributed by atoms with Crippen molar-refractivity contribution in [1.29, 1.82) is 0 Å². The monoisotopic (exact) mass is 474 g/mol. The van der Waals surface area contributed by atoms with Gasteiger partial charge in [0.15, 0.2) is 0 Å². The van der Waals surface area contributed by atoms with Gasteiger partial charge in [-0.2, -0.15) is 4.31 Å². The van der Waals surface area contributed by atoms with E-state index in [1.54, 1.807) is 41.0 Å². The molecule has 0 bridgehead atoms. The summed E-state index contributed by atoms with van der Waals surface area (Å²) in [7, 11) is -3.46. The number of piperidine rings is 1. The lowest BCUT2D eigenvalue weighted by atomic mass is 9.92. The smallest absolute Gasteiger partial charge is 0.267 e. The van der Waals surface area contributed by atoms with Gasteiger partial charge in [-0.1, -0.05) is 24.4 Å². The van der Waals surface area contributed by atoms with Crippen LogP contribution >= 0.6 is 11.6 Å². The SMILES string of the molecule is O=C(NCCCCC1CCN(S(=O)(=O)c2ccc(Cl)cc2)CC1)c1cc2cnccc2[nH]1. The van der Waals surface area contributed by atoms with Gasteiger partial charge in [-0.3, -0.25) is 9.78 Å². The van der Waals surface area contributed by atoms with Gasteiger partial charge in [0.05, 0.1) is 4.90 Å². The molecule has 1 fully saturated rings. The van der Waals surface area contributed by atoms with E-state index in [-0.39, 0.29) is 5.91 Å². The lowest BCUT2D eigenvalue weighted by Crippen LogP contribution is -2.38. The van der Waals surface area contributed by atoms with Crippen molar-refractivity contribution >= 4 is 38.4 Å². The van der Waals surface area contributed by atoms with E-state index in [2.05, 4.69) is 15.3 Å². The number of pyridine rings is 1. The van der Waals surface area contributed by atoms with Crippen LogP contribution in [0.2, 0.25) is 5.02 Å². The van der Waals surface area contributed by atoms with E-state index in [1.165, 1.54) is 0 Å². The highest BCUT2D eigenvalue weighted by Gasteiger charge is 2.29. The molecule has 1 aliphatic heterocycles. The third kappa shape index (κ3) is 5.31. The molecule has 0 unspecified atom stereocenters. The molecule has 1 aliphatic rings. The molecular weight excluding hydrogens is 448 g/mol. The maximum atomic E-state index is 12.8. The molecule has 4 rings (SSSR count). The number of hydrogen-bond donors (Lipinski definition) is 2. The number of benzene rings is 1. The first kappa shape index (κ1) is 22.8. The van der Waals surface area contributed by atoms with Crippen molar-refractivity contribution in [3.05, 3.63) is 59.5 Å². The van der Waals surface area contributed by atoms with Crippen molar-refractivity contribution in [1.82, 2.24) is 19.6 Å². The Morgan fingerprint density at radius 2 is 1.91 bits per heavy atom. The van der Waals surface area contributed by atoms with E-state index < -0.39 is 10.0 Å². The number of aromatic amines is 1. The molecule has 3 aromatic rings. The first-order valence-corrected chi connectivity index (χ1v) is 12.7. The van der Waals surface area contributed by atoms with Crippen molar-refractivity contribution in [3.63, 3.8) is 0 Å². The first-order valence-electron chi connectivity index (χ1n) is 10.9. The molecule has 32 heavy (non-hydrogen) atoms. The van der Waals surface area contributed by atoms with Crippen LogP contribution in [0.5, 0.6) is 0 Å². The zero-order valence-electron chi connectivity index (χ0n) is 17.8. The Balaban J connectivity index is 1.16. The number of carbonyl (C=O) groups excluding carboxylic acids is 1. The maximum absolute atomic E-state index is 12.8. The number of aromatic nitrogens is 2. The van der Waals surface area contributed by atoms with E-state index in [4.69, 9.17) is 11.6 Å². The zero-order chi connectivity index (χ0) is 22.6. The number of unbranched alkanes of at least 4 members (excludes halogenated alkanes) is 1. The quantitative estimate of drug-likeness (QED) is 0.478. The molecule has 0 radical (unpaired) electrons. The molecule has 2 N–H and O–H groups in total. The second-order valence-electron chi connectivity index (χ2n) is 8.20. The van der Waals surface area contributed by atoms with E-state index in [9.17, 15) is 13.2 Å². The number of rotatable bonds is 8. The predicted octanol–water partition coefficient (Wildman–Crippen LogP) is 4.22. The second-order valence-corrected chi connectivity index (χ2v) is 10.6. The minimum atomic E-state index is -3.46. The van der Waals surface area contributed by atoms with Gasteiger partial charge in [0.25, 0.3) is 5.91 Å². The number of nitrogens with one attached hydrogen (secondary N) is 2. The highest BCUT2D eigenvalue weighted by molar-refractivity contribution is 7.89. The van der Waals surface area contributed by atoms with Gasteiger partial charge in [-0.05, 0) is 61.6 Å². The van der Waals surface area contributed by atoms with Crippen LogP contribution in [-0.4, -0.2) is 48.2 Å². The summed E-state index contributed by atoms with van der Waals surface area (Å²) in [5.74, 6) is 0.408. The van der Waals surface area contributed by atoms with Crippen LogP contribution in [0.15, 0.2) is 53.7 Å². The van der Waals surface area contributed by atoms with Crippen LogP contribution in [0, 0.1) is 5.92 Å². The molecule has 1 aromatic carbocycles.